The first-order chi connectivity index (χ1) is 14.2. The van der Waals surface area contributed by atoms with Crippen LogP contribution in [0.2, 0.25) is 0 Å². The van der Waals surface area contributed by atoms with E-state index in [1.54, 1.807) is 0 Å². The molecule has 0 unspecified atom stereocenters. The van der Waals surface area contributed by atoms with Crippen molar-refractivity contribution in [1.82, 2.24) is 9.97 Å². The summed E-state index contributed by atoms with van der Waals surface area (Å²) in [6.07, 6.45) is 0. The fraction of sp³-hybridized carbons (Fsp3) is 0.200. The smallest absolute Gasteiger partial charge is 0.375 e. The second kappa shape index (κ2) is 8.82. The summed E-state index contributed by atoms with van der Waals surface area (Å²) in [5.41, 5.74) is 4.95. The average molecular weight is 433 g/mol. The van der Waals surface area contributed by atoms with Crippen molar-refractivity contribution in [3.05, 3.63) is 54.1 Å². The first-order valence-electron chi connectivity index (χ1n) is 9.17. The lowest BCUT2D eigenvalue weighted by molar-refractivity contribution is -2.00. The molecule has 0 saturated heterocycles. The minimum atomic E-state index is -4.94. The van der Waals surface area contributed by atoms with E-state index in [1.165, 1.54) is 0 Å². The Morgan fingerprint density at radius 3 is 2.33 bits per heavy atom. The van der Waals surface area contributed by atoms with Crippen LogP contribution in [0.4, 0.5) is 5.69 Å². The Labute approximate surface area is 174 Å². The van der Waals surface area contributed by atoms with Crippen LogP contribution in [0.1, 0.15) is 13.8 Å². The molecule has 0 aliphatic heterocycles. The highest BCUT2D eigenvalue weighted by molar-refractivity contribution is 5.85. The molecule has 0 aliphatic carbocycles. The number of anilines is 1. The van der Waals surface area contributed by atoms with Crippen LogP contribution in [0.15, 0.2) is 52.9 Å². The van der Waals surface area contributed by atoms with Gasteiger partial charge in [0.15, 0.2) is 0 Å². The number of imidazole rings is 1. The number of nitrogens with zero attached hydrogens (tertiary/aromatic N) is 2. The molecule has 2 heterocycles. The fourth-order valence-electron chi connectivity index (χ4n) is 3.18. The van der Waals surface area contributed by atoms with Crippen molar-refractivity contribution in [3.8, 4) is 11.4 Å². The molecule has 2 aromatic carbocycles. The van der Waals surface area contributed by atoms with Crippen molar-refractivity contribution in [1.29, 1.82) is 0 Å². The van der Waals surface area contributed by atoms with Crippen molar-refractivity contribution < 1.29 is 38.7 Å². The van der Waals surface area contributed by atoms with Gasteiger partial charge < -0.3 is 14.3 Å². The van der Waals surface area contributed by atoms with E-state index in [1.807, 2.05) is 36.4 Å². The zero-order valence-corrected chi connectivity index (χ0v) is 17.2. The maximum atomic E-state index is 8.49. The minimum absolute atomic E-state index is 0.364. The maximum absolute atomic E-state index is 8.49. The second-order valence-electron chi connectivity index (χ2n) is 6.40. The summed E-state index contributed by atoms with van der Waals surface area (Å²) in [4.78, 5) is 10.2. The second-order valence-corrected chi connectivity index (χ2v) is 7.16. The number of nitrogens with two attached hydrogens (primary N) is 1. The molecule has 0 aliphatic rings. The topological polar surface area (TPSA) is 163 Å². The fourth-order valence-corrected chi connectivity index (χ4v) is 3.18. The zero-order valence-electron chi connectivity index (χ0n) is 16.4. The molecule has 0 bridgehead atoms. The Bertz CT molecular complexity index is 1170. The van der Waals surface area contributed by atoms with Crippen LogP contribution in [0.5, 0.6) is 0 Å². The Morgan fingerprint density at radius 2 is 1.70 bits per heavy atom. The quantitative estimate of drug-likeness (QED) is 0.367. The van der Waals surface area contributed by atoms with Crippen LogP contribution in [0.3, 0.4) is 0 Å². The van der Waals surface area contributed by atoms with Crippen LogP contribution in [-0.2, 0) is 0 Å². The number of hydrogen-bond donors (Lipinski definition) is 2. The van der Waals surface area contributed by atoms with Crippen molar-refractivity contribution in [2.75, 3.05) is 18.0 Å². The van der Waals surface area contributed by atoms with Gasteiger partial charge in [0.25, 0.3) is 0 Å². The van der Waals surface area contributed by atoms with Gasteiger partial charge in [0.05, 0.1) is 11.0 Å². The molecular formula is C20H21ClN4O5. The van der Waals surface area contributed by atoms with Crippen molar-refractivity contribution in [2.45, 2.75) is 13.8 Å². The summed E-state index contributed by atoms with van der Waals surface area (Å²) in [6.45, 7) is 6.19. The maximum Gasteiger partial charge on any atom is 0.375 e. The number of para-hydroxylation sites is 2. The lowest BCUT2D eigenvalue weighted by Gasteiger charge is -2.20. The lowest BCUT2D eigenvalue weighted by Crippen LogP contribution is -2.68. The normalized spacial score (nSPS) is 11.4. The van der Waals surface area contributed by atoms with Gasteiger partial charge in [-0.05, 0) is 44.2 Å². The molecule has 0 radical (unpaired) electrons. The predicted molar refractivity (Wildman–Crippen MR) is 99.9 cm³/mol. The molecule has 3 N–H and O–H groups in total. The van der Waals surface area contributed by atoms with Crippen LogP contribution >= 0.6 is 0 Å². The monoisotopic (exact) mass is 432 g/mol. The van der Waals surface area contributed by atoms with E-state index in [2.05, 4.69) is 40.8 Å². The minimum Gasteiger partial charge on any atom is -0.404 e. The van der Waals surface area contributed by atoms with Gasteiger partial charge >= 0.3 is 5.55 Å². The summed E-state index contributed by atoms with van der Waals surface area (Å²) in [5, 5.41) is 7.19. The highest BCUT2D eigenvalue weighted by atomic mass is 35.7. The number of rotatable bonds is 4. The SMILES string of the molecule is CCN(CC)c1ccc2cc(-c3nc4ccccc4[nH]3)c(=[NH2+])oc2c1.[O-][Cl+3]([O-])([O-])[O-]. The van der Waals surface area contributed by atoms with E-state index in [0.717, 1.165) is 52.2 Å². The molecule has 9 nitrogen and oxygen atoms in total. The van der Waals surface area contributed by atoms with E-state index < -0.39 is 10.2 Å². The number of aromatic nitrogens is 2. The van der Waals surface area contributed by atoms with Crippen molar-refractivity contribution in [2.24, 2.45) is 0 Å². The lowest BCUT2D eigenvalue weighted by atomic mass is 10.1. The molecule has 0 fully saturated rings. The summed E-state index contributed by atoms with van der Waals surface area (Å²) >= 11 is 0. The molecule has 0 amide bonds. The molecule has 4 aromatic rings. The van der Waals surface area contributed by atoms with E-state index in [9.17, 15) is 0 Å². The van der Waals surface area contributed by atoms with Crippen LogP contribution in [0, 0.1) is 10.2 Å². The van der Waals surface area contributed by atoms with E-state index in [4.69, 9.17) is 28.5 Å². The van der Waals surface area contributed by atoms with E-state index >= 15 is 0 Å². The van der Waals surface area contributed by atoms with Gasteiger partial charge in [0, 0.05) is 30.2 Å². The predicted octanol–water partition coefficient (Wildman–Crippen LogP) is -2.27. The third-order valence-corrected chi connectivity index (χ3v) is 4.56. The highest BCUT2D eigenvalue weighted by Crippen LogP contribution is 2.25. The third-order valence-electron chi connectivity index (χ3n) is 4.56. The molecular weight excluding hydrogens is 412 g/mol. The third kappa shape index (κ3) is 5.15. The van der Waals surface area contributed by atoms with E-state index in [0.29, 0.717) is 5.55 Å². The van der Waals surface area contributed by atoms with Gasteiger partial charge in [0.2, 0.25) is 0 Å². The molecule has 0 atom stereocenters. The number of benzene rings is 2. The van der Waals surface area contributed by atoms with Crippen LogP contribution in [0.25, 0.3) is 33.4 Å². The van der Waals surface area contributed by atoms with Gasteiger partial charge in [-0.3, -0.25) is 0 Å². The molecule has 2 aromatic heterocycles. The van der Waals surface area contributed by atoms with Gasteiger partial charge in [-0.2, -0.15) is 0 Å². The average Bonchev–Trinajstić information content (AvgIpc) is 3.11. The summed E-state index contributed by atoms with van der Waals surface area (Å²) in [7, 11) is -4.94. The number of hydrogen-bond acceptors (Lipinski definition) is 7. The number of H-pyrrole nitrogens is 1. The zero-order chi connectivity index (χ0) is 21.9. The molecule has 0 saturated carbocycles. The van der Waals surface area contributed by atoms with Crippen molar-refractivity contribution >= 4 is 27.7 Å². The van der Waals surface area contributed by atoms with Crippen LogP contribution in [-0.4, -0.2) is 23.1 Å². The number of fused-ring (bicyclic) bond motifs is 2. The first kappa shape index (κ1) is 21.8. The number of aromatic amines is 1. The Hall–Kier alpha value is -2.95. The first-order valence-corrected chi connectivity index (χ1v) is 10.4. The molecule has 4 rings (SSSR count). The largest absolute Gasteiger partial charge is 0.404 e. The number of halogens is 1. The Kier molecular flexibility index (Phi) is 6.40. The van der Waals surface area contributed by atoms with Gasteiger partial charge in [-0.15, -0.1) is 10.2 Å². The summed E-state index contributed by atoms with van der Waals surface area (Å²) < 4.78 is 39.9. The van der Waals surface area contributed by atoms with Gasteiger partial charge in [-0.25, -0.2) is 29.0 Å². The molecule has 30 heavy (non-hydrogen) atoms. The highest BCUT2D eigenvalue weighted by Gasteiger charge is 2.14. The van der Waals surface area contributed by atoms with Crippen molar-refractivity contribution in [3.63, 3.8) is 0 Å². The summed E-state index contributed by atoms with van der Waals surface area (Å²) in [5.74, 6) is 0.720. The molecule has 10 heteroatoms. The molecule has 158 valence electrons. The Morgan fingerprint density at radius 1 is 1.03 bits per heavy atom. The number of nitrogens with one attached hydrogen (secondary N) is 1. The van der Waals surface area contributed by atoms with E-state index in [-0.39, 0.29) is 0 Å². The summed E-state index contributed by atoms with van der Waals surface area (Å²) in [6, 6.07) is 16.2. The Balaban J connectivity index is 0.000000461. The van der Waals surface area contributed by atoms with Gasteiger partial charge in [0.1, 0.15) is 17.0 Å². The molecule has 0 spiro atoms. The van der Waals surface area contributed by atoms with Gasteiger partial charge in [-0.1, -0.05) is 12.1 Å². The van der Waals surface area contributed by atoms with Crippen LogP contribution < -0.4 is 34.5 Å². The standard InChI is InChI=1S/C20H20N4O.ClHO4/c1-3-24(4-2)14-10-9-13-11-15(19(21)25-18(13)12-14)20-22-16-7-5-6-8-17(16)23-20;2-1(3,4)5/h5-12,21H,3-4H2,1-2H3,(H,22,23);(H,2,3,4,5).